The van der Waals surface area contributed by atoms with Crippen molar-refractivity contribution in [3.8, 4) is 0 Å². The van der Waals surface area contributed by atoms with Crippen LogP contribution in [-0.4, -0.2) is 25.2 Å². The molecular weight excluding hydrogens is 256 g/mol. The summed E-state index contributed by atoms with van der Waals surface area (Å²) in [6, 6.07) is 5.50. The normalized spacial score (nSPS) is 10.2. The van der Waals surface area contributed by atoms with E-state index in [0.29, 0.717) is 10.0 Å². The summed E-state index contributed by atoms with van der Waals surface area (Å²) in [6.45, 7) is 1.64. The van der Waals surface area contributed by atoms with Gasteiger partial charge < -0.3 is 15.8 Å². The summed E-state index contributed by atoms with van der Waals surface area (Å²) in [7, 11) is 1.71. The number of hydrogen-bond acceptors (Lipinski definition) is 3. The van der Waals surface area contributed by atoms with Gasteiger partial charge in [-0.2, -0.15) is 0 Å². The highest BCUT2D eigenvalue weighted by Crippen LogP contribution is 2.20. The lowest BCUT2D eigenvalue weighted by atomic mass is 10.1. The Morgan fingerprint density at radius 3 is 2.88 bits per heavy atom. The van der Waals surface area contributed by atoms with Gasteiger partial charge in [0, 0.05) is 36.5 Å². The SMILES string of the molecule is COCCCCNc1ccc(Cl)cc1C(N)=S. The molecule has 0 heterocycles. The Balaban J connectivity index is 2.55. The smallest absolute Gasteiger partial charge is 0.106 e. The van der Waals surface area contributed by atoms with Crippen LogP contribution in [0.25, 0.3) is 0 Å². The van der Waals surface area contributed by atoms with Gasteiger partial charge >= 0.3 is 0 Å². The molecule has 0 radical (unpaired) electrons. The second-order valence-corrected chi connectivity index (χ2v) is 4.56. The highest BCUT2D eigenvalue weighted by atomic mass is 35.5. The molecule has 1 rings (SSSR count). The first-order valence-electron chi connectivity index (χ1n) is 5.47. The lowest BCUT2D eigenvalue weighted by Crippen LogP contribution is -2.14. The molecule has 1 aromatic carbocycles. The molecule has 94 valence electrons. The number of anilines is 1. The maximum atomic E-state index is 5.90. The molecule has 0 saturated heterocycles. The molecule has 0 spiro atoms. The molecule has 0 atom stereocenters. The van der Waals surface area contributed by atoms with Gasteiger partial charge in [0.25, 0.3) is 0 Å². The van der Waals surface area contributed by atoms with Crippen molar-refractivity contribution in [1.29, 1.82) is 0 Å². The third-order valence-corrected chi connectivity index (χ3v) is 2.79. The molecule has 0 aromatic heterocycles. The van der Waals surface area contributed by atoms with E-state index in [9.17, 15) is 0 Å². The van der Waals surface area contributed by atoms with Crippen LogP contribution in [0.5, 0.6) is 0 Å². The molecule has 0 unspecified atom stereocenters. The summed E-state index contributed by atoms with van der Waals surface area (Å²) in [6.07, 6.45) is 2.06. The van der Waals surface area contributed by atoms with Crippen LogP contribution in [0, 0.1) is 0 Å². The fraction of sp³-hybridized carbons (Fsp3) is 0.417. The van der Waals surface area contributed by atoms with Crippen molar-refractivity contribution in [3.05, 3.63) is 28.8 Å². The van der Waals surface area contributed by atoms with Crippen molar-refractivity contribution >= 4 is 34.5 Å². The van der Waals surface area contributed by atoms with Crippen molar-refractivity contribution < 1.29 is 4.74 Å². The number of halogens is 1. The Morgan fingerprint density at radius 2 is 2.24 bits per heavy atom. The van der Waals surface area contributed by atoms with Gasteiger partial charge in [-0.25, -0.2) is 0 Å². The zero-order valence-electron chi connectivity index (χ0n) is 9.83. The Bertz CT molecular complexity index is 385. The van der Waals surface area contributed by atoms with Gasteiger partial charge in [0.05, 0.1) is 0 Å². The zero-order valence-corrected chi connectivity index (χ0v) is 11.4. The van der Waals surface area contributed by atoms with E-state index in [4.69, 9.17) is 34.3 Å². The number of benzene rings is 1. The standard InChI is InChI=1S/C12H17ClN2OS/c1-16-7-3-2-6-15-11-5-4-9(13)8-10(11)12(14)17/h4-5,8,15H,2-3,6-7H2,1H3,(H2,14,17). The molecular formula is C12H17ClN2OS. The molecule has 17 heavy (non-hydrogen) atoms. The predicted molar refractivity (Wildman–Crippen MR) is 76.9 cm³/mol. The van der Waals surface area contributed by atoms with Crippen LogP contribution in [0.15, 0.2) is 18.2 Å². The second kappa shape index (κ2) is 7.48. The monoisotopic (exact) mass is 272 g/mol. The second-order valence-electron chi connectivity index (χ2n) is 3.68. The molecule has 0 saturated carbocycles. The highest BCUT2D eigenvalue weighted by molar-refractivity contribution is 7.80. The molecule has 5 heteroatoms. The van der Waals surface area contributed by atoms with Gasteiger partial charge in [0.2, 0.25) is 0 Å². The Kier molecular flexibility index (Phi) is 6.26. The summed E-state index contributed by atoms with van der Waals surface area (Å²) in [5.41, 5.74) is 7.37. The van der Waals surface area contributed by atoms with Crippen LogP contribution in [0.1, 0.15) is 18.4 Å². The summed E-state index contributed by atoms with van der Waals surface area (Å²) >= 11 is 10.9. The van der Waals surface area contributed by atoms with Crippen molar-refractivity contribution in [3.63, 3.8) is 0 Å². The number of hydrogen-bond donors (Lipinski definition) is 2. The number of nitrogens with two attached hydrogens (primary N) is 1. The maximum Gasteiger partial charge on any atom is 0.106 e. The Labute approximate surface area is 112 Å². The van der Waals surface area contributed by atoms with E-state index < -0.39 is 0 Å². The van der Waals surface area contributed by atoms with Crippen molar-refractivity contribution in [2.75, 3.05) is 25.6 Å². The molecule has 3 N–H and O–H groups in total. The Hall–Kier alpha value is -0.840. The Morgan fingerprint density at radius 1 is 1.47 bits per heavy atom. The molecule has 1 aromatic rings. The van der Waals surface area contributed by atoms with Crippen LogP contribution >= 0.6 is 23.8 Å². The molecule has 0 fully saturated rings. The summed E-state index contributed by atoms with van der Waals surface area (Å²) in [5.74, 6) is 0. The topological polar surface area (TPSA) is 47.3 Å². The minimum absolute atomic E-state index is 0.354. The number of rotatable bonds is 7. The number of unbranched alkanes of at least 4 members (excludes halogenated alkanes) is 1. The van der Waals surface area contributed by atoms with E-state index >= 15 is 0 Å². The lowest BCUT2D eigenvalue weighted by Gasteiger charge is -2.11. The quantitative estimate of drug-likeness (QED) is 0.592. The molecule has 3 nitrogen and oxygen atoms in total. The van der Waals surface area contributed by atoms with Gasteiger partial charge in [-0.1, -0.05) is 23.8 Å². The predicted octanol–water partition coefficient (Wildman–Crippen LogP) is 2.81. The van der Waals surface area contributed by atoms with Gasteiger partial charge in [0.1, 0.15) is 4.99 Å². The van der Waals surface area contributed by atoms with E-state index in [1.165, 1.54) is 0 Å². The van der Waals surface area contributed by atoms with Crippen LogP contribution in [0.2, 0.25) is 5.02 Å². The van der Waals surface area contributed by atoms with Gasteiger partial charge in [-0.3, -0.25) is 0 Å². The van der Waals surface area contributed by atoms with E-state index in [1.54, 1.807) is 13.2 Å². The van der Waals surface area contributed by atoms with Crippen LogP contribution in [-0.2, 0) is 4.74 Å². The molecule has 0 bridgehead atoms. The fourth-order valence-electron chi connectivity index (χ4n) is 1.47. The molecule has 0 aliphatic carbocycles. The number of methoxy groups -OCH3 is 1. The summed E-state index contributed by atoms with van der Waals surface area (Å²) < 4.78 is 4.99. The minimum Gasteiger partial charge on any atom is -0.389 e. The average Bonchev–Trinajstić information content (AvgIpc) is 2.30. The van der Waals surface area contributed by atoms with Crippen molar-refractivity contribution in [1.82, 2.24) is 0 Å². The average molecular weight is 273 g/mol. The number of nitrogens with one attached hydrogen (secondary N) is 1. The van der Waals surface area contributed by atoms with E-state index in [0.717, 1.165) is 37.2 Å². The third-order valence-electron chi connectivity index (χ3n) is 2.34. The first-order chi connectivity index (χ1) is 8.15. The van der Waals surface area contributed by atoms with Gasteiger partial charge in [-0.05, 0) is 31.0 Å². The summed E-state index contributed by atoms with van der Waals surface area (Å²) in [5, 5.41) is 3.94. The van der Waals surface area contributed by atoms with Crippen LogP contribution < -0.4 is 11.1 Å². The minimum atomic E-state index is 0.354. The van der Waals surface area contributed by atoms with E-state index in [-0.39, 0.29) is 0 Å². The van der Waals surface area contributed by atoms with Gasteiger partial charge in [-0.15, -0.1) is 0 Å². The zero-order chi connectivity index (χ0) is 12.7. The van der Waals surface area contributed by atoms with Crippen molar-refractivity contribution in [2.45, 2.75) is 12.8 Å². The third kappa shape index (κ3) is 4.89. The van der Waals surface area contributed by atoms with Crippen molar-refractivity contribution in [2.24, 2.45) is 5.73 Å². The first-order valence-corrected chi connectivity index (χ1v) is 6.26. The van der Waals surface area contributed by atoms with Gasteiger partial charge in [0.15, 0.2) is 0 Å². The first kappa shape index (κ1) is 14.2. The number of ether oxygens (including phenoxy) is 1. The van der Waals surface area contributed by atoms with E-state index in [2.05, 4.69) is 5.32 Å². The van der Waals surface area contributed by atoms with Crippen LogP contribution in [0.3, 0.4) is 0 Å². The molecule has 0 aliphatic heterocycles. The summed E-state index contributed by atoms with van der Waals surface area (Å²) in [4.78, 5) is 0.354. The lowest BCUT2D eigenvalue weighted by molar-refractivity contribution is 0.194. The largest absolute Gasteiger partial charge is 0.389 e. The fourth-order valence-corrected chi connectivity index (χ4v) is 1.81. The molecule has 0 amide bonds. The van der Waals surface area contributed by atoms with E-state index in [1.807, 2.05) is 12.1 Å². The van der Waals surface area contributed by atoms with Crippen LogP contribution in [0.4, 0.5) is 5.69 Å². The maximum absolute atomic E-state index is 5.90. The highest BCUT2D eigenvalue weighted by Gasteiger charge is 2.05. The number of thiocarbonyl (C=S) groups is 1. The molecule has 0 aliphatic rings.